The molecule has 2 aromatic rings. The third-order valence-corrected chi connectivity index (χ3v) is 3.23. The van der Waals surface area contributed by atoms with Gasteiger partial charge in [-0.1, -0.05) is 43.3 Å². The molecule has 1 unspecified atom stereocenters. The number of halogens is 1. The molecule has 2 aromatic carbocycles. The van der Waals surface area contributed by atoms with Gasteiger partial charge < -0.3 is 4.74 Å². The van der Waals surface area contributed by atoms with Crippen LogP contribution in [0.2, 0.25) is 0 Å². The van der Waals surface area contributed by atoms with Gasteiger partial charge in [0.25, 0.3) is 0 Å². The van der Waals surface area contributed by atoms with Crippen molar-refractivity contribution in [2.24, 2.45) is 5.92 Å². The largest absolute Gasteiger partial charge is 0.376 e. The summed E-state index contributed by atoms with van der Waals surface area (Å²) >= 11 is 0. The molecule has 0 aliphatic rings. The highest BCUT2D eigenvalue weighted by Crippen LogP contribution is 2.16. The third kappa shape index (κ3) is 3.30. The van der Waals surface area contributed by atoms with Gasteiger partial charge in [-0.25, -0.2) is 0 Å². The van der Waals surface area contributed by atoms with Crippen LogP contribution in [-0.2, 0) is 11.3 Å². The van der Waals surface area contributed by atoms with Gasteiger partial charge >= 0.3 is 0 Å². The Balaban J connectivity index is 1.95. The van der Waals surface area contributed by atoms with E-state index in [0.717, 1.165) is 12.0 Å². The highest BCUT2D eigenvalue weighted by molar-refractivity contribution is 5.82. The van der Waals surface area contributed by atoms with Crippen LogP contribution in [0.1, 0.15) is 18.9 Å². The Morgan fingerprint density at radius 1 is 1.11 bits per heavy atom. The first-order valence-electron chi connectivity index (χ1n) is 6.45. The summed E-state index contributed by atoms with van der Waals surface area (Å²) in [6.45, 7) is 2.75. The van der Waals surface area contributed by atoms with Gasteiger partial charge in [0.2, 0.25) is 0 Å². The number of rotatable bonds is 6. The lowest BCUT2D eigenvalue weighted by atomic mass is 10.1. The van der Waals surface area contributed by atoms with Gasteiger partial charge in [-0.3, -0.25) is 4.39 Å². The fourth-order valence-electron chi connectivity index (χ4n) is 1.94. The standard InChI is InChI=1S/C16H19FO/c1-2-13(10-17)11-18-12-14-7-8-15-5-3-4-6-16(15)9-14/h3-9,13H,2,10-12H2,1H3/i17-1. The fraction of sp³-hybridized carbons (Fsp3) is 0.375. The van der Waals surface area contributed by atoms with E-state index in [1.807, 2.05) is 19.1 Å². The van der Waals surface area contributed by atoms with Crippen LogP contribution in [0.15, 0.2) is 42.5 Å². The molecular formula is C16H19FO. The van der Waals surface area contributed by atoms with Crippen molar-refractivity contribution in [1.82, 2.24) is 0 Å². The number of alkyl halides is 1. The third-order valence-electron chi connectivity index (χ3n) is 3.23. The fourth-order valence-corrected chi connectivity index (χ4v) is 1.94. The van der Waals surface area contributed by atoms with Crippen LogP contribution >= 0.6 is 0 Å². The molecule has 0 aromatic heterocycles. The summed E-state index contributed by atoms with van der Waals surface area (Å²) in [5.41, 5.74) is 1.14. The summed E-state index contributed by atoms with van der Waals surface area (Å²) < 4.78 is 18.1. The Kier molecular flexibility index (Phi) is 4.71. The summed E-state index contributed by atoms with van der Waals surface area (Å²) in [5, 5.41) is 2.45. The number of benzene rings is 2. The van der Waals surface area contributed by atoms with Gasteiger partial charge in [-0.05, 0) is 28.8 Å². The minimum atomic E-state index is -0.297. The second-order valence-electron chi connectivity index (χ2n) is 4.63. The molecule has 0 saturated carbocycles. The minimum Gasteiger partial charge on any atom is -0.376 e. The Morgan fingerprint density at radius 3 is 2.61 bits per heavy atom. The van der Waals surface area contributed by atoms with Crippen molar-refractivity contribution in [2.45, 2.75) is 20.0 Å². The summed E-state index contributed by atoms with van der Waals surface area (Å²) in [6.07, 6.45) is 0.828. The molecule has 0 amide bonds. The average Bonchev–Trinajstić information content (AvgIpc) is 2.43. The molecule has 0 bridgehead atoms. The first kappa shape index (κ1) is 13.0. The van der Waals surface area contributed by atoms with Crippen molar-refractivity contribution in [1.29, 1.82) is 0 Å². The van der Waals surface area contributed by atoms with E-state index in [0.29, 0.717) is 13.2 Å². The van der Waals surface area contributed by atoms with Gasteiger partial charge in [0, 0.05) is 5.92 Å². The van der Waals surface area contributed by atoms with E-state index in [1.165, 1.54) is 10.8 Å². The zero-order chi connectivity index (χ0) is 12.8. The second kappa shape index (κ2) is 6.50. The van der Waals surface area contributed by atoms with Crippen LogP contribution in [0.3, 0.4) is 0 Å². The number of hydrogen-bond donors (Lipinski definition) is 0. The average molecular weight is 245 g/mol. The van der Waals surface area contributed by atoms with Gasteiger partial charge in [0.05, 0.1) is 19.9 Å². The first-order valence-corrected chi connectivity index (χ1v) is 6.45. The molecule has 0 N–H and O–H groups in total. The van der Waals surface area contributed by atoms with Crippen LogP contribution in [0.5, 0.6) is 0 Å². The Hall–Kier alpha value is -1.41. The maximum absolute atomic E-state index is 12.5. The predicted octanol–water partition coefficient (Wildman–Crippen LogP) is 4.35. The highest BCUT2D eigenvalue weighted by atomic mass is 18.2. The zero-order valence-electron chi connectivity index (χ0n) is 10.7. The SMILES string of the molecule is CCC(C[18F])COCc1ccc2ccccc2c1. The minimum absolute atomic E-state index is 0.0328. The van der Waals surface area contributed by atoms with Crippen LogP contribution in [-0.4, -0.2) is 13.3 Å². The summed E-state index contributed by atoms with van der Waals surface area (Å²) in [4.78, 5) is 0. The molecule has 1 nitrogen and oxygen atoms in total. The van der Waals surface area contributed by atoms with E-state index in [-0.39, 0.29) is 12.6 Å². The first-order chi connectivity index (χ1) is 8.83. The van der Waals surface area contributed by atoms with E-state index in [1.54, 1.807) is 0 Å². The molecule has 0 saturated heterocycles. The van der Waals surface area contributed by atoms with Gasteiger partial charge in [-0.15, -0.1) is 0 Å². The second-order valence-corrected chi connectivity index (χ2v) is 4.63. The van der Waals surface area contributed by atoms with Gasteiger partial charge in [0.15, 0.2) is 0 Å². The molecule has 18 heavy (non-hydrogen) atoms. The Labute approximate surface area is 108 Å². The van der Waals surface area contributed by atoms with Crippen molar-refractivity contribution in [3.05, 3.63) is 48.0 Å². The topological polar surface area (TPSA) is 9.23 Å². The number of ether oxygens (including phenoxy) is 1. The lowest BCUT2D eigenvalue weighted by Crippen LogP contribution is -2.10. The van der Waals surface area contributed by atoms with E-state index in [2.05, 4.69) is 30.3 Å². The molecule has 1 atom stereocenters. The van der Waals surface area contributed by atoms with Crippen LogP contribution in [0.4, 0.5) is 4.39 Å². The Bertz CT molecular complexity index is 491. The van der Waals surface area contributed by atoms with Gasteiger partial charge in [0.1, 0.15) is 0 Å². The molecule has 0 radical (unpaired) electrons. The number of hydrogen-bond acceptors (Lipinski definition) is 1. The van der Waals surface area contributed by atoms with E-state index in [4.69, 9.17) is 4.74 Å². The summed E-state index contributed by atoms with van der Waals surface area (Å²) in [5.74, 6) is 0.0328. The van der Waals surface area contributed by atoms with Crippen molar-refractivity contribution >= 4 is 10.8 Å². The van der Waals surface area contributed by atoms with Crippen molar-refractivity contribution < 1.29 is 9.13 Å². The molecule has 96 valence electrons. The monoisotopic (exact) mass is 245 g/mol. The lowest BCUT2D eigenvalue weighted by Gasteiger charge is -2.11. The highest BCUT2D eigenvalue weighted by Gasteiger charge is 2.05. The molecule has 0 heterocycles. The smallest absolute Gasteiger partial charge is 0.0944 e. The molecule has 0 aliphatic heterocycles. The van der Waals surface area contributed by atoms with Crippen LogP contribution in [0, 0.1) is 5.92 Å². The summed E-state index contributed by atoms with van der Waals surface area (Å²) in [7, 11) is 0. The molecule has 2 heteroatoms. The van der Waals surface area contributed by atoms with Crippen molar-refractivity contribution in [3.63, 3.8) is 0 Å². The van der Waals surface area contributed by atoms with Crippen LogP contribution in [0.25, 0.3) is 10.8 Å². The Morgan fingerprint density at radius 2 is 1.89 bits per heavy atom. The van der Waals surface area contributed by atoms with E-state index in [9.17, 15) is 4.39 Å². The van der Waals surface area contributed by atoms with Crippen molar-refractivity contribution in [3.8, 4) is 0 Å². The van der Waals surface area contributed by atoms with E-state index >= 15 is 0 Å². The quantitative estimate of drug-likeness (QED) is 0.735. The molecule has 2 rings (SSSR count). The van der Waals surface area contributed by atoms with Gasteiger partial charge in [-0.2, -0.15) is 0 Å². The number of fused-ring (bicyclic) bond motifs is 1. The summed E-state index contributed by atoms with van der Waals surface area (Å²) in [6, 6.07) is 14.5. The van der Waals surface area contributed by atoms with Crippen LogP contribution < -0.4 is 0 Å². The maximum Gasteiger partial charge on any atom is 0.0944 e. The normalized spacial score (nSPS) is 12.8. The zero-order valence-corrected chi connectivity index (χ0v) is 10.7. The maximum atomic E-state index is 12.5. The predicted molar refractivity (Wildman–Crippen MR) is 73.4 cm³/mol. The molecule has 0 aliphatic carbocycles. The molecular weight excluding hydrogens is 226 g/mol. The van der Waals surface area contributed by atoms with Crippen molar-refractivity contribution in [2.75, 3.05) is 13.3 Å². The molecule has 0 spiro atoms. The lowest BCUT2D eigenvalue weighted by molar-refractivity contribution is 0.0765. The van der Waals surface area contributed by atoms with E-state index < -0.39 is 0 Å². The molecule has 0 fully saturated rings.